The summed E-state index contributed by atoms with van der Waals surface area (Å²) in [4.78, 5) is 13.9. The number of hydrogen-bond acceptors (Lipinski definition) is 6. The minimum Gasteiger partial charge on any atom is -0.497 e. The lowest BCUT2D eigenvalue weighted by Gasteiger charge is -2.37. The van der Waals surface area contributed by atoms with Crippen molar-refractivity contribution in [2.75, 3.05) is 51.3 Å². The van der Waals surface area contributed by atoms with E-state index >= 15 is 0 Å². The van der Waals surface area contributed by atoms with Gasteiger partial charge in [-0.3, -0.25) is 4.99 Å². The number of aromatic nitrogens is 2. The zero-order valence-electron chi connectivity index (χ0n) is 17.9. The van der Waals surface area contributed by atoms with E-state index in [2.05, 4.69) is 58.2 Å². The quantitative estimate of drug-likeness (QED) is 0.565. The van der Waals surface area contributed by atoms with Gasteiger partial charge in [0.05, 0.1) is 13.7 Å². The molecule has 1 N–H and O–H groups in total. The second kappa shape index (κ2) is 10.1. The van der Waals surface area contributed by atoms with Gasteiger partial charge in [0.1, 0.15) is 5.75 Å². The second-order valence-corrected chi connectivity index (χ2v) is 7.36. The number of nitrogens with zero attached hydrogens (tertiary/aromatic N) is 5. The predicted octanol–water partition coefficient (Wildman–Crippen LogP) is 2.53. The number of nitrogens with one attached hydrogen (secondary N) is 1. The van der Waals surface area contributed by atoms with Crippen LogP contribution in [0.1, 0.15) is 38.4 Å². The molecule has 0 spiro atoms. The first kappa shape index (κ1) is 21.0. The van der Waals surface area contributed by atoms with Gasteiger partial charge < -0.3 is 24.4 Å². The van der Waals surface area contributed by atoms with E-state index < -0.39 is 0 Å². The molecule has 0 aliphatic carbocycles. The number of rotatable bonds is 7. The van der Waals surface area contributed by atoms with Crippen molar-refractivity contribution in [1.29, 1.82) is 0 Å². The SMILES string of the molecule is CCNC(=NCCc1nc(C(C)C)no1)N1CCN(c2cccc(OC)c2)CC1. The smallest absolute Gasteiger partial charge is 0.228 e. The highest BCUT2D eigenvalue weighted by Crippen LogP contribution is 2.22. The summed E-state index contributed by atoms with van der Waals surface area (Å²) in [6, 6.07) is 8.23. The van der Waals surface area contributed by atoms with E-state index in [0.29, 0.717) is 18.9 Å². The summed E-state index contributed by atoms with van der Waals surface area (Å²) >= 11 is 0. The van der Waals surface area contributed by atoms with E-state index in [9.17, 15) is 0 Å². The lowest BCUT2D eigenvalue weighted by Crippen LogP contribution is -2.52. The predicted molar refractivity (Wildman–Crippen MR) is 115 cm³/mol. The van der Waals surface area contributed by atoms with Crippen LogP contribution in [0.4, 0.5) is 5.69 Å². The van der Waals surface area contributed by atoms with Gasteiger partial charge in [-0.05, 0) is 19.1 Å². The molecule has 158 valence electrons. The van der Waals surface area contributed by atoms with E-state index in [1.807, 2.05) is 12.1 Å². The number of benzene rings is 1. The van der Waals surface area contributed by atoms with Gasteiger partial charge in [-0.15, -0.1) is 0 Å². The standard InChI is InChI=1S/C21H32N6O2/c1-5-22-21(23-10-9-19-24-20(16(2)3)25-29-19)27-13-11-26(12-14-27)17-7-6-8-18(15-17)28-4/h6-8,15-16H,5,9-14H2,1-4H3,(H,22,23). The van der Waals surface area contributed by atoms with Crippen LogP contribution in [0.25, 0.3) is 0 Å². The highest BCUT2D eigenvalue weighted by molar-refractivity contribution is 5.80. The van der Waals surface area contributed by atoms with E-state index in [1.54, 1.807) is 7.11 Å². The third kappa shape index (κ3) is 5.62. The van der Waals surface area contributed by atoms with Gasteiger partial charge in [0.2, 0.25) is 5.89 Å². The van der Waals surface area contributed by atoms with Crippen LogP contribution in [0.5, 0.6) is 5.75 Å². The van der Waals surface area contributed by atoms with Crippen molar-refractivity contribution >= 4 is 11.6 Å². The molecule has 1 aliphatic rings. The Morgan fingerprint density at radius 2 is 2.07 bits per heavy atom. The molecule has 2 heterocycles. The van der Waals surface area contributed by atoms with E-state index in [1.165, 1.54) is 5.69 Å². The van der Waals surface area contributed by atoms with Crippen LogP contribution in [0.15, 0.2) is 33.8 Å². The van der Waals surface area contributed by atoms with Gasteiger partial charge >= 0.3 is 0 Å². The molecular weight excluding hydrogens is 368 g/mol. The third-order valence-corrected chi connectivity index (χ3v) is 4.92. The van der Waals surface area contributed by atoms with Crippen LogP contribution in [0.2, 0.25) is 0 Å². The summed E-state index contributed by atoms with van der Waals surface area (Å²) < 4.78 is 10.7. The molecule has 0 bridgehead atoms. The van der Waals surface area contributed by atoms with Gasteiger partial charge in [-0.2, -0.15) is 4.98 Å². The zero-order chi connectivity index (χ0) is 20.6. The molecule has 1 aliphatic heterocycles. The Labute approximate surface area is 172 Å². The highest BCUT2D eigenvalue weighted by atomic mass is 16.5. The maximum atomic E-state index is 5.35. The molecule has 8 heteroatoms. The Hall–Kier alpha value is -2.77. The van der Waals surface area contributed by atoms with E-state index in [4.69, 9.17) is 14.3 Å². The fourth-order valence-electron chi connectivity index (χ4n) is 3.27. The summed E-state index contributed by atoms with van der Waals surface area (Å²) in [6.45, 7) is 11.4. The maximum absolute atomic E-state index is 5.35. The second-order valence-electron chi connectivity index (χ2n) is 7.36. The molecule has 1 aromatic carbocycles. The first-order valence-electron chi connectivity index (χ1n) is 10.4. The summed E-state index contributed by atoms with van der Waals surface area (Å²) in [5.74, 6) is 3.51. The van der Waals surface area contributed by atoms with Crippen molar-refractivity contribution in [3.63, 3.8) is 0 Å². The van der Waals surface area contributed by atoms with Crippen LogP contribution < -0.4 is 15.0 Å². The van der Waals surface area contributed by atoms with E-state index in [-0.39, 0.29) is 5.92 Å². The van der Waals surface area contributed by atoms with Crippen LogP contribution in [0, 0.1) is 0 Å². The maximum Gasteiger partial charge on any atom is 0.228 e. The van der Waals surface area contributed by atoms with Gasteiger partial charge in [-0.25, -0.2) is 0 Å². The molecule has 1 fully saturated rings. The Bertz CT molecular complexity index is 796. The molecule has 0 atom stereocenters. The molecule has 0 radical (unpaired) electrons. The number of piperazine rings is 1. The average molecular weight is 401 g/mol. The molecule has 1 saturated heterocycles. The Kier molecular flexibility index (Phi) is 7.32. The molecule has 0 unspecified atom stereocenters. The molecule has 8 nitrogen and oxygen atoms in total. The van der Waals surface area contributed by atoms with Gasteiger partial charge in [0.25, 0.3) is 0 Å². The summed E-state index contributed by atoms with van der Waals surface area (Å²) in [6.07, 6.45) is 0.651. The van der Waals surface area contributed by atoms with Crippen molar-refractivity contribution in [2.45, 2.75) is 33.1 Å². The number of ether oxygens (including phenoxy) is 1. The van der Waals surface area contributed by atoms with E-state index in [0.717, 1.165) is 50.3 Å². The van der Waals surface area contributed by atoms with Gasteiger partial charge in [0, 0.05) is 56.8 Å². The number of methoxy groups -OCH3 is 1. The lowest BCUT2D eigenvalue weighted by atomic mass is 10.2. The van der Waals surface area contributed by atoms with Crippen LogP contribution >= 0.6 is 0 Å². The number of guanidine groups is 1. The first-order valence-corrected chi connectivity index (χ1v) is 10.4. The fraction of sp³-hybridized carbons (Fsp3) is 0.571. The largest absolute Gasteiger partial charge is 0.497 e. The molecule has 0 amide bonds. The minimum atomic E-state index is 0.272. The Morgan fingerprint density at radius 1 is 1.28 bits per heavy atom. The summed E-state index contributed by atoms with van der Waals surface area (Å²) in [5, 5.41) is 7.42. The van der Waals surface area contributed by atoms with Crippen LogP contribution in [0.3, 0.4) is 0 Å². The summed E-state index contributed by atoms with van der Waals surface area (Å²) in [7, 11) is 1.70. The minimum absolute atomic E-state index is 0.272. The Morgan fingerprint density at radius 3 is 2.72 bits per heavy atom. The first-order chi connectivity index (χ1) is 14.1. The topological polar surface area (TPSA) is 79.0 Å². The molecule has 29 heavy (non-hydrogen) atoms. The third-order valence-electron chi connectivity index (χ3n) is 4.92. The lowest BCUT2D eigenvalue weighted by molar-refractivity contribution is 0.366. The van der Waals surface area contributed by atoms with Crippen molar-refractivity contribution in [3.05, 3.63) is 36.0 Å². The van der Waals surface area contributed by atoms with Crippen molar-refractivity contribution in [3.8, 4) is 5.75 Å². The van der Waals surface area contributed by atoms with Crippen LogP contribution in [-0.2, 0) is 6.42 Å². The van der Waals surface area contributed by atoms with Gasteiger partial charge in [-0.1, -0.05) is 25.1 Å². The molecular formula is C21H32N6O2. The Balaban J connectivity index is 1.55. The number of anilines is 1. The molecule has 0 saturated carbocycles. The van der Waals surface area contributed by atoms with Crippen molar-refractivity contribution < 1.29 is 9.26 Å². The summed E-state index contributed by atoms with van der Waals surface area (Å²) in [5.41, 5.74) is 1.20. The number of hydrogen-bond donors (Lipinski definition) is 1. The monoisotopic (exact) mass is 400 g/mol. The fourth-order valence-corrected chi connectivity index (χ4v) is 3.27. The van der Waals surface area contributed by atoms with Crippen molar-refractivity contribution in [2.24, 2.45) is 4.99 Å². The normalized spacial score (nSPS) is 15.1. The van der Waals surface area contributed by atoms with Gasteiger partial charge in [0.15, 0.2) is 11.8 Å². The zero-order valence-corrected chi connectivity index (χ0v) is 17.9. The average Bonchev–Trinajstić information content (AvgIpc) is 3.23. The molecule has 3 rings (SSSR count). The highest BCUT2D eigenvalue weighted by Gasteiger charge is 2.20. The molecule has 2 aromatic rings. The van der Waals surface area contributed by atoms with Crippen LogP contribution in [-0.4, -0.2) is 67.4 Å². The molecule has 1 aromatic heterocycles. The number of aliphatic imine (C=N–C) groups is 1. The van der Waals surface area contributed by atoms with Crippen molar-refractivity contribution in [1.82, 2.24) is 20.4 Å².